The van der Waals surface area contributed by atoms with Crippen LogP contribution in [0.3, 0.4) is 0 Å². The number of aryl methyl sites for hydroxylation is 1. The second-order valence-corrected chi connectivity index (χ2v) is 5.77. The van der Waals surface area contributed by atoms with Crippen LogP contribution in [-0.2, 0) is 6.61 Å². The number of pyridine rings is 1. The third kappa shape index (κ3) is 4.25. The molecular weight excluding hydrogens is 326 g/mol. The van der Waals surface area contributed by atoms with Crippen molar-refractivity contribution in [1.82, 2.24) is 4.98 Å². The van der Waals surface area contributed by atoms with E-state index in [4.69, 9.17) is 10.00 Å². The van der Waals surface area contributed by atoms with Crippen molar-refractivity contribution >= 4 is 11.6 Å². The number of nitrogens with one attached hydrogen (secondary N) is 1. The molecule has 0 unspecified atom stereocenters. The topological polar surface area (TPSA) is 75.0 Å². The molecule has 0 saturated heterocycles. The highest BCUT2D eigenvalue weighted by molar-refractivity contribution is 6.04. The third-order valence-corrected chi connectivity index (χ3v) is 3.85. The minimum Gasteiger partial charge on any atom is -0.489 e. The van der Waals surface area contributed by atoms with Gasteiger partial charge >= 0.3 is 0 Å². The minimum absolute atomic E-state index is 0.183. The molecule has 1 amide bonds. The van der Waals surface area contributed by atoms with Crippen molar-refractivity contribution in [2.45, 2.75) is 13.5 Å². The number of carbonyl (C=O) groups is 1. The number of benzene rings is 2. The van der Waals surface area contributed by atoms with E-state index >= 15 is 0 Å². The molecule has 3 aromatic rings. The Kier molecular flexibility index (Phi) is 5.25. The zero-order chi connectivity index (χ0) is 18.4. The van der Waals surface area contributed by atoms with Crippen LogP contribution in [0.4, 0.5) is 5.69 Å². The van der Waals surface area contributed by atoms with Gasteiger partial charge in [0.15, 0.2) is 0 Å². The summed E-state index contributed by atoms with van der Waals surface area (Å²) in [4.78, 5) is 16.1. The lowest BCUT2D eigenvalue weighted by Gasteiger charge is -2.11. The fraction of sp³-hybridized carbons (Fsp3) is 0.0952. The lowest BCUT2D eigenvalue weighted by Crippen LogP contribution is -2.12. The zero-order valence-electron chi connectivity index (χ0n) is 14.3. The number of amides is 1. The maximum atomic E-state index is 12.2. The predicted octanol–water partition coefficient (Wildman–Crippen LogP) is 4.09. The molecule has 128 valence electrons. The van der Waals surface area contributed by atoms with Crippen molar-refractivity contribution in [3.05, 3.63) is 89.2 Å². The smallest absolute Gasteiger partial charge is 0.255 e. The molecule has 0 spiro atoms. The van der Waals surface area contributed by atoms with Crippen LogP contribution in [0.5, 0.6) is 5.75 Å². The van der Waals surface area contributed by atoms with Gasteiger partial charge in [-0.3, -0.25) is 9.78 Å². The molecule has 0 radical (unpaired) electrons. The molecule has 1 heterocycles. The van der Waals surface area contributed by atoms with E-state index in [1.165, 1.54) is 0 Å². The van der Waals surface area contributed by atoms with Gasteiger partial charge in [0.25, 0.3) is 5.91 Å². The molecular formula is C21H17N3O2. The van der Waals surface area contributed by atoms with Crippen LogP contribution >= 0.6 is 0 Å². The first kappa shape index (κ1) is 17.2. The van der Waals surface area contributed by atoms with Crippen molar-refractivity contribution in [3.63, 3.8) is 0 Å². The number of aromatic nitrogens is 1. The Morgan fingerprint density at radius 2 is 1.96 bits per heavy atom. The van der Waals surface area contributed by atoms with Crippen LogP contribution in [0.25, 0.3) is 0 Å². The molecule has 2 aromatic carbocycles. The van der Waals surface area contributed by atoms with Gasteiger partial charge < -0.3 is 10.1 Å². The normalized spacial score (nSPS) is 10.0. The Morgan fingerprint density at radius 1 is 1.15 bits per heavy atom. The van der Waals surface area contributed by atoms with Gasteiger partial charge in [-0.1, -0.05) is 12.1 Å². The minimum atomic E-state index is -0.183. The summed E-state index contributed by atoms with van der Waals surface area (Å²) in [5.74, 6) is 0.518. The van der Waals surface area contributed by atoms with Crippen molar-refractivity contribution in [2.75, 3.05) is 5.32 Å². The van der Waals surface area contributed by atoms with Gasteiger partial charge in [0.1, 0.15) is 12.4 Å². The highest BCUT2D eigenvalue weighted by Crippen LogP contribution is 2.23. The molecule has 0 bridgehead atoms. The largest absolute Gasteiger partial charge is 0.489 e. The van der Waals surface area contributed by atoms with Gasteiger partial charge in [-0.15, -0.1) is 0 Å². The highest BCUT2D eigenvalue weighted by atomic mass is 16.5. The number of rotatable bonds is 5. The van der Waals surface area contributed by atoms with E-state index in [-0.39, 0.29) is 5.91 Å². The Morgan fingerprint density at radius 3 is 2.69 bits per heavy atom. The van der Waals surface area contributed by atoms with Gasteiger partial charge in [0.2, 0.25) is 0 Å². The Labute approximate surface area is 151 Å². The molecule has 0 aliphatic rings. The first-order chi connectivity index (χ1) is 12.7. The van der Waals surface area contributed by atoms with E-state index in [9.17, 15) is 4.79 Å². The average Bonchev–Trinajstić information content (AvgIpc) is 2.69. The van der Waals surface area contributed by atoms with Crippen LogP contribution in [0, 0.1) is 18.3 Å². The lowest BCUT2D eigenvalue weighted by molar-refractivity contribution is 0.102. The van der Waals surface area contributed by atoms with E-state index in [0.29, 0.717) is 23.5 Å². The molecule has 5 heteroatoms. The number of carbonyl (C=O) groups excluding carboxylic acids is 1. The second-order valence-electron chi connectivity index (χ2n) is 5.77. The van der Waals surface area contributed by atoms with E-state index in [1.54, 1.807) is 36.7 Å². The molecule has 0 aliphatic heterocycles. The van der Waals surface area contributed by atoms with Crippen LogP contribution < -0.4 is 10.1 Å². The first-order valence-electron chi connectivity index (χ1n) is 8.09. The van der Waals surface area contributed by atoms with Crippen LogP contribution in [-0.4, -0.2) is 10.9 Å². The molecule has 26 heavy (non-hydrogen) atoms. The summed E-state index contributed by atoms with van der Waals surface area (Å²) in [5, 5.41) is 11.8. The molecule has 0 atom stereocenters. The summed E-state index contributed by atoms with van der Waals surface area (Å²) in [6.45, 7) is 2.28. The third-order valence-electron chi connectivity index (χ3n) is 3.85. The van der Waals surface area contributed by atoms with Gasteiger partial charge in [-0.2, -0.15) is 5.26 Å². The number of nitriles is 1. The van der Waals surface area contributed by atoms with E-state index in [0.717, 1.165) is 16.8 Å². The summed E-state index contributed by atoms with van der Waals surface area (Å²) < 4.78 is 5.79. The SMILES string of the molecule is Cc1cc(OCc2cccc(C#N)c2)ccc1NC(=O)c1ccncc1. The number of ether oxygens (including phenoxy) is 1. The van der Waals surface area contributed by atoms with Crippen molar-refractivity contribution in [3.8, 4) is 11.8 Å². The number of hydrogen-bond acceptors (Lipinski definition) is 4. The Bertz CT molecular complexity index is 962. The number of anilines is 1. The zero-order valence-corrected chi connectivity index (χ0v) is 14.3. The van der Waals surface area contributed by atoms with Crippen LogP contribution in [0.2, 0.25) is 0 Å². The maximum absolute atomic E-state index is 12.2. The second kappa shape index (κ2) is 7.95. The molecule has 0 saturated carbocycles. The highest BCUT2D eigenvalue weighted by Gasteiger charge is 2.08. The van der Waals surface area contributed by atoms with Gasteiger partial charge in [0, 0.05) is 23.6 Å². The molecule has 1 aromatic heterocycles. The number of nitrogens with zero attached hydrogens (tertiary/aromatic N) is 2. The lowest BCUT2D eigenvalue weighted by atomic mass is 10.1. The molecule has 0 fully saturated rings. The summed E-state index contributed by atoms with van der Waals surface area (Å²) in [6, 6.07) is 18.2. The Hall–Kier alpha value is -3.65. The van der Waals surface area contributed by atoms with E-state index in [1.807, 2.05) is 37.3 Å². The first-order valence-corrected chi connectivity index (χ1v) is 8.09. The van der Waals surface area contributed by atoms with Crippen molar-refractivity contribution < 1.29 is 9.53 Å². The van der Waals surface area contributed by atoms with Crippen LogP contribution in [0.1, 0.15) is 27.0 Å². The van der Waals surface area contributed by atoms with Gasteiger partial charge in [-0.05, 0) is 60.5 Å². The predicted molar refractivity (Wildman–Crippen MR) is 98.9 cm³/mol. The molecule has 0 aliphatic carbocycles. The summed E-state index contributed by atoms with van der Waals surface area (Å²) in [5.41, 5.74) is 3.71. The standard InChI is InChI=1S/C21H17N3O2/c1-15-11-19(26-14-17-4-2-3-16(12-17)13-22)5-6-20(15)24-21(25)18-7-9-23-10-8-18/h2-12H,14H2,1H3,(H,24,25). The van der Waals surface area contributed by atoms with E-state index < -0.39 is 0 Å². The number of hydrogen-bond donors (Lipinski definition) is 1. The van der Waals surface area contributed by atoms with Crippen LogP contribution in [0.15, 0.2) is 67.0 Å². The van der Waals surface area contributed by atoms with Crippen molar-refractivity contribution in [2.24, 2.45) is 0 Å². The maximum Gasteiger partial charge on any atom is 0.255 e. The fourth-order valence-corrected chi connectivity index (χ4v) is 2.46. The Balaban J connectivity index is 1.65. The monoisotopic (exact) mass is 343 g/mol. The summed E-state index contributed by atoms with van der Waals surface area (Å²) >= 11 is 0. The summed E-state index contributed by atoms with van der Waals surface area (Å²) in [6.07, 6.45) is 3.17. The average molecular weight is 343 g/mol. The van der Waals surface area contributed by atoms with Gasteiger partial charge in [-0.25, -0.2) is 0 Å². The molecule has 3 rings (SSSR count). The van der Waals surface area contributed by atoms with Crippen molar-refractivity contribution in [1.29, 1.82) is 5.26 Å². The summed E-state index contributed by atoms with van der Waals surface area (Å²) in [7, 11) is 0. The fourth-order valence-electron chi connectivity index (χ4n) is 2.46. The van der Waals surface area contributed by atoms with E-state index in [2.05, 4.69) is 16.4 Å². The quantitative estimate of drug-likeness (QED) is 0.757. The molecule has 5 nitrogen and oxygen atoms in total. The van der Waals surface area contributed by atoms with Gasteiger partial charge in [0.05, 0.1) is 11.6 Å². The molecule has 1 N–H and O–H groups in total.